The number of nitriles is 2. The van der Waals surface area contributed by atoms with Crippen molar-refractivity contribution in [2.75, 3.05) is 12.3 Å². The third-order valence-electron chi connectivity index (χ3n) is 4.39. The molecule has 2 aliphatic rings. The maximum absolute atomic E-state index is 11.8. The van der Waals surface area contributed by atoms with Crippen LogP contribution in [0.1, 0.15) is 37.9 Å². The maximum atomic E-state index is 11.8. The number of amidine groups is 1. The minimum absolute atomic E-state index is 0.395. The summed E-state index contributed by atoms with van der Waals surface area (Å²) in [6, 6.07) is 6.94. The lowest BCUT2D eigenvalue weighted by Gasteiger charge is -2.47. The van der Waals surface area contributed by atoms with Crippen molar-refractivity contribution in [2.45, 2.75) is 38.5 Å². The lowest BCUT2D eigenvalue weighted by Crippen LogP contribution is -2.55. The number of hydrogen-bond donors (Lipinski definition) is 0. The van der Waals surface area contributed by atoms with Gasteiger partial charge in [-0.25, -0.2) is 0 Å². The molecule has 1 saturated heterocycles. The Kier molecular flexibility index (Phi) is 4.80. The molecule has 0 spiro atoms. The van der Waals surface area contributed by atoms with Crippen LogP contribution in [-0.4, -0.2) is 40.0 Å². The first-order valence-electron chi connectivity index (χ1n) is 8.14. The third-order valence-corrected chi connectivity index (χ3v) is 5.36. The van der Waals surface area contributed by atoms with E-state index in [1.807, 2.05) is 24.9 Å². The standard InChI is InChI=1S/C18H18N4O3S/c1-11(23)24-16-15(22-6-7-26-17(22)21-10-20)13-8-12(9-19)4-5-14(13)25-18(16,2)3/h4-5,8,15-16H,6-7H2,1-3H3/t15-,16+/m1/s1. The summed E-state index contributed by atoms with van der Waals surface area (Å²) in [6.07, 6.45) is 1.21. The minimum Gasteiger partial charge on any atom is -0.484 e. The number of ether oxygens (including phenoxy) is 2. The lowest BCUT2D eigenvalue weighted by atomic mass is 9.85. The molecule has 0 saturated carbocycles. The van der Waals surface area contributed by atoms with E-state index >= 15 is 0 Å². The van der Waals surface area contributed by atoms with E-state index in [0.29, 0.717) is 23.0 Å². The zero-order valence-electron chi connectivity index (χ0n) is 14.7. The molecule has 8 heteroatoms. The summed E-state index contributed by atoms with van der Waals surface area (Å²) >= 11 is 1.48. The molecule has 1 aromatic carbocycles. The van der Waals surface area contributed by atoms with Gasteiger partial charge in [0, 0.05) is 24.8 Å². The van der Waals surface area contributed by atoms with Gasteiger partial charge in [-0.2, -0.15) is 10.5 Å². The van der Waals surface area contributed by atoms with Gasteiger partial charge < -0.3 is 14.4 Å². The van der Waals surface area contributed by atoms with Gasteiger partial charge in [0.15, 0.2) is 11.3 Å². The van der Waals surface area contributed by atoms with E-state index in [1.54, 1.807) is 18.2 Å². The van der Waals surface area contributed by atoms with Gasteiger partial charge in [-0.05, 0) is 32.0 Å². The fourth-order valence-electron chi connectivity index (χ4n) is 3.35. The highest BCUT2D eigenvalue weighted by molar-refractivity contribution is 8.14. The van der Waals surface area contributed by atoms with Crippen molar-refractivity contribution in [1.82, 2.24) is 4.90 Å². The molecule has 2 atom stereocenters. The van der Waals surface area contributed by atoms with Gasteiger partial charge in [0.2, 0.25) is 6.19 Å². The van der Waals surface area contributed by atoms with Crippen LogP contribution >= 0.6 is 11.8 Å². The van der Waals surface area contributed by atoms with E-state index in [1.165, 1.54) is 18.7 Å². The summed E-state index contributed by atoms with van der Waals surface area (Å²) in [4.78, 5) is 17.7. The van der Waals surface area contributed by atoms with Crippen molar-refractivity contribution in [2.24, 2.45) is 4.99 Å². The number of nitrogens with zero attached hydrogens (tertiary/aromatic N) is 4. The summed E-state index contributed by atoms with van der Waals surface area (Å²) in [5.41, 5.74) is 0.453. The van der Waals surface area contributed by atoms with Gasteiger partial charge in [0.25, 0.3) is 0 Å². The summed E-state index contributed by atoms with van der Waals surface area (Å²) in [6.45, 7) is 5.73. The van der Waals surface area contributed by atoms with Gasteiger partial charge in [-0.1, -0.05) is 11.8 Å². The molecule has 2 heterocycles. The first-order chi connectivity index (χ1) is 12.4. The molecule has 0 N–H and O–H groups in total. The first-order valence-corrected chi connectivity index (χ1v) is 9.12. The maximum Gasteiger partial charge on any atom is 0.303 e. The Hall–Kier alpha value is -2.71. The highest BCUT2D eigenvalue weighted by Gasteiger charge is 2.50. The number of esters is 1. The second-order valence-electron chi connectivity index (χ2n) is 6.58. The van der Waals surface area contributed by atoms with E-state index < -0.39 is 23.7 Å². The summed E-state index contributed by atoms with van der Waals surface area (Å²) < 4.78 is 11.7. The number of thioether (sulfide) groups is 1. The van der Waals surface area contributed by atoms with E-state index in [0.717, 1.165) is 11.3 Å². The molecule has 2 aliphatic heterocycles. The van der Waals surface area contributed by atoms with Crippen LogP contribution in [0.5, 0.6) is 5.75 Å². The fraction of sp³-hybridized carbons (Fsp3) is 0.444. The number of hydrogen-bond acceptors (Lipinski definition) is 7. The Bertz CT molecular complexity index is 853. The normalized spacial score (nSPS) is 25.0. The molecular formula is C18H18N4O3S. The van der Waals surface area contributed by atoms with Crippen molar-refractivity contribution >= 4 is 22.9 Å². The van der Waals surface area contributed by atoms with Crippen molar-refractivity contribution in [3.05, 3.63) is 29.3 Å². The Morgan fingerprint density at radius 2 is 2.23 bits per heavy atom. The Balaban J connectivity index is 2.17. The second-order valence-corrected chi connectivity index (χ2v) is 7.64. The molecule has 1 fully saturated rings. The SMILES string of the molecule is CC(=O)O[C@H]1[C@H](N2CCSC2=NC#N)c2cc(C#N)ccc2OC1(C)C. The zero-order valence-corrected chi connectivity index (χ0v) is 15.5. The molecule has 0 radical (unpaired) electrons. The third kappa shape index (κ3) is 3.21. The van der Waals surface area contributed by atoms with Crippen molar-refractivity contribution < 1.29 is 14.3 Å². The molecule has 0 aliphatic carbocycles. The smallest absolute Gasteiger partial charge is 0.303 e. The van der Waals surface area contributed by atoms with Crippen LogP contribution < -0.4 is 4.74 Å². The molecule has 0 bridgehead atoms. The average Bonchev–Trinajstić information content (AvgIpc) is 3.03. The largest absolute Gasteiger partial charge is 0.484 e. The van der Waals surface area contributed by atoms with Crippen LogP contribution in [0.15, 0.2) is 23.2 Å². The molecule has 134 valence electrons. The van der Waals surface area contributed by atoms with E-state index in [9.17, 15) is 10.1 Å². The number of fused-ring (bicyclic) bond motifs is 1. The van der Waals surface area contributed by atoms with Gasteiger partial charge in [0.1, 0.15) is 17.4 Å². The molecule has 7 nitrogen and oxygen atoms in total. The average molecular weight is 370 g/mol. The number of benzene rings is 1. The number of carbonyl (C=O) groups is 1. The number of aliphatic imine (C=N–C) groups is 1. The minimum atomic E-state index is -0.789. The van der Waals surface area contributed by atoms with Crippen LogP contribution in [0.4, 0.5) is 0 Å². The van der Waals surface area contributed by atoms with Crippen molar-refractivity contribution in [3.8, 4) is 18.0 Å². The molecule has 0 unspecified atom stereocenters. The second kappa shape index (κ2) is 6.89. The fourth-order valence-corrected chi connectivity index (χ4v) is 4.30. The number of carbonyl (C=O) groups excluding carboxylic acids is 1. The van der Waals surface area contributed by atoms with Gasteiger partial charge >= 0.3 is 5.97 Å². The molecule has 1 aromatic rings. The van der Waals surface area contributed by atoms with E-state index in [4.69, 9.17) is 14.7 Å². The Morgan fingerprint density at radius 1 is 1.46 bits per heavy atom. The first kappa shape index (κ1) is 18.1. The lowest BCUT2D eigenvalue weighted by molar-refractivity contribution is -0.166. The van der Waals surface area contributed by atoms with Gasteiger partial charge in [-0.15, -0.1) is 4.99 Å². The van der Waals surface area contributed by atoms with Crippen molar-refractivity contribution in [3.63, 3.8) is 0 Å². The van der Waals surface area contributed by atoms with Gasteiger partial charge in [0.05, 0.1) is 11.6 Å². The topological polar surface area (TPSA) is 98.7 Å². The molecular weight excluding hydrogens is 352 g/mol. The highest BCUT2D eigenvalue weighted by Crippen LogP contribution is 2.46. The Labute approximate surface area is 156 Å². The summed E-state index contributed by atoms with van der Waals surface area (Å²) in [5.74, 6) is 0.996. The highest BCUT2D eigenvalue weighted by atomic mass is 32.2. The predicted octanol–water partition coefficient (Wildman–Crippen LogP) is 2.59. The molecule has 26 heavy (non-hydrogen) atoms. The van der Waals surface area contributed by atoms with Crippen LogP contribution in [0, 0.1) is 22.8 Å². The zero-order chi connectivity index (χ0) is 18.9. The summed E-state index contributed by atoms with van der Waals surface area (Å²) in [7, 11) is 0. The van der Waals surface area contributed by atoms with Crippen LogP contribution in [0.2, 0.25) is 0 Å². The van der Waals surface area contributed by atoms with Crippen LogP contribution in [0.25, 0.3) is 0 Å². The Morgan fingerprint density at radius 3 is 2.88 bits per heavy atom. The predicted molar refractivity (Wildman–Crippen MR) is 96.4 cm³/mol. The quantitative estimate of drug-likeness (QED) is 0.583. The number of rotatable bonds is 2. The summed E-state index contributed by atoms with van der Waals surface area (Å²) in [5, 5.41) is 18.9. The molecule has 0 amide bonds. The van der Waals surface area contributed by atoms with Gasteiger partial charge in [-0.3, -0.25) is 4.79 Å². The van der Waals surface area contributed by atoms with E-state index in [-0.39, 0.29) is 0 Å². The molecule has 0 aromatic heterocycles. The van der Waals surface area contributed by atoms with Crippen LogP contribution in [-0.2, 0) is 9.53 Å². The monoisotopic (exact) mass is 370 g/mol. The van der Waals surface area contributed by atoms with E-state index in [2.05, 4.69) is 11.1 Å². The van der Waals surface area contributed by atoms with Crippen LogP contribution in [0.3, 0.4) is 0 Å². The van der Waals surface area contributed by atoms with Crippen molar-refractivity contribution in [1.29, 1.82) is 10.5 Å². The molecule has 3 rings (SSSR count).